The second-order valence-corrected chi connectivity index (χ2v) is 3.03. The zero-order chi connectivity index (χ0) is 10.7. The van der Waals surface area contributed by atoms with Crippen molar-refractivity contribution in [1.29, 1.82) is 0 Å². The predicted molar refractivity (Wildman–Crippen MR) is 57.4 cm³/mol. The van der Waals surface area contributed by atoms with E-state index in [1.165, 1.54) is 7.11 Å². The molecule has 0 unspecified atom stereocenters. The highest BCUT2D eigenvalue weighted by Crippen LogP contribution is 2.26. The molecular formula is C11H10N2O2. The van der Waals surface area contributed by atoms with Crippen LogP contribution in [0.25, 0.3) is 0 Å². The van der Waals surface area contributed by atoms with Crippen LogP contribution in [0.4, 0.5) is 11.4 Å². The summed E-state index contributed by atoms with van der Waals surface area (Å²) in [6, 6.07) is 5.68. The third-order valence-corrected chi connectivity index (χ3v) is 2.07. The Morgan fingerprint density at radius 2 is 2.20 bits per heavy atom. The lowest BCUT2D eigenvalue weighted by molar-refractivity contribution is -0.133. The molecule has 76 valence electrons. The molecule has 0 aromatic heterocycles. The van der Waals surface area contributed by atoms with E-state index in [0.29, 0.717) is 0 Å². The summed E-state index contributed by atoms with van der Waals surface area (Å²) >= 11 is 0. The Morgan fingerprint density at radius 3 is 3.00 bits per heavy atom. The maximum atomic E-state index is 10.8. The summed E-state index contributed by atoms with van der Waals surface area (Å²) < 4.78 is 4.42. The van der Waals surface area contributed by atoms with E-state index in [4.69, 9.17) is 0 Å². The fourth-order valence-corrected chi connectivity index (χ4v) is 1.33. The van der Waals surface area contributed by atoms with Gasteiger partial charge in [0, 0.05) is 11.5 Å². The largest absolute Gasteiger partial charge is 0.459 e. The molecule has 15 heavy (non-hydrogen) atoms. The summed E-state index contributed by atoms with van der Waals surface area (Å²) in [4.78, 5) is 10.8. The SMILES string of the molecule is COC(=O)C#Cc1ccc2c(c1)NCN2. The number of methoxy groups -OCH3 is 1. The molecule has 0 radical (unpaired) electrons. The minimum absolute atomic E-state index is 0.526. The van der Waals surface area contributed by atoms with Crippen LogP contribution in [0.5, 0.6) is 0 Å². The average Bonchev–Trinajstić information content (AvgIpc) is 2.72. The van der Waals surface area contributed by atoms with Gasteiger partial charge in [0.05, 0.1) is 25.2 Å². The van der Waals surface area contributed by atoms with Crippen LogP contribution in [0.2, 0.25) is 0 Å². The van der Waals surface area contributed by atoms with E-state index in [1.54, 1.807) is 0 Å². The van der Waals surface area contributed by atoms with Crippen LogP contribution in [-0.4, -0.2) is 19.7 Å². The van der Waals surface area contributed by atoms with Crippen molar-refractivity contribution in [3.8, 4) is 11.8 Å². The summed E-state index contributed by atoms with van der Waals surface area (Å²) in [6.07, 6.45) is 0. The van der Waals surface area contributed by atoms with Gasteiger partial charge in [-0.1, -0.05) is 5.92 Å². The fraction of sp³-hybridized carbons (Fsp3) is 0.182. The molecule has 1 aromatic carbocycles. The number of carbonyl (C=O) groups excluding carboxylic acids is 1. The molecule has 2 N–H and O–H groups in total. The molecule has 0 saturated carbocycles. The van der Waals surface area contributed by atoms with E-state index in [9.17, 15) is 4.79 Å². The molecule has 4 heteroatoms. The third kappa shape index (κ3) is 2.02. The normalized spacial score (nSPS) is 11.5. The van der Waals surface area contributed by atoms with Gasteiger partial charge < -0.3 is 15.4 Å². The smallest absolute Gasteiger partial charge is 0.384 e. The van der Waals surface area contributed by atoms with Gasteiger partial charge in [0.2, 0.25) is 0 Å². The number of esters is 1. The van der Waals surface area contributed by atoms with E-state index >= 15 is 0 Å². The first-order valence-electron chi connectivity index (χ1n) is 4.51. The minimum Gasteiger partial charge on any atom is -0.459 e. The highest BCUT2D eigenvalue weighted by atomic mass is 16.5. The first-order valence-corrected chi connectivity index (χ1v) is 4.51. The number of ether oxygens (including phenoxy) is 1. The maximum absolute atomic E-state index is 10.8. The van der Waals surface area contributed by atoms with E-state index in [-0.39, 0.29) is 0 Å². The Balaban J connectivity index is 2.22. The topological polar surface area (TPSA) is 50.4 Å². The van der Waals surface area contributed by atoms with Crippen molar-refractivity contribution >= 4 is 17.3 Å². The number of anilines is 2. The van der Waals surface area contributed by atoms with Gasteiger partial charge in [0.15, 0.2) is 0 Å². The number of rotatable bonds is 0. The quantitative estimate of drug-likeness (QED) is 0.487. The number of hydrogen-bond acceptors (Lipinski definition) is 4. The Labute approximate surface area is 87.6 Å². The molecule has 0 amide bonds. The number of benzene rings is 1. The highest BCUT2D eigenvalue weighted by Gasteiger charge is 2.07. The lowest BCUT2D eigenvalue weighted by atomic mass is 10.2. The van der Waals surface area contributed by atoms with Gasteiger partial charge in [-0.15, -0.1) is 0 Å². The van der Waals surface area contributed by atoms with Gasteiger partial charge in [-0.3, -0.25) is 0 Å². The van der Waals surface area contributed by atoms with Crippen LogP contribution in [0.15, 0.2) is 18.2 Å². The van der Waals surface area contributed by atoms with Crippen molar-refractivity contribution in [2.24, 2.45) is 0 Å². The van der Waals surface area contributed by atoms with Crippen LogP contribution in [0.1, 0.15) is 5.56 Å². The van der Waals surface area contributed by atoms with Crippen LogP contribution >= 0.6 is 0 Å². The average molecular weight is 202 g/mol. The molecule has 4 nitrogen and oxygen atoms in total. The monoisotopic (exact) mass is 202 g/mol. The third-order valence-electron chi connectivity index (χ3n) is 2.07. The number of nitrogens with one attached hydrogen (secondary N) is 2. The van der Waals surface area contributed by atoms with E-state index < -0.39 is 5.97 Å². The molecule has 0 spiro atoms. The van der Waals surface area contributed by atoms with Crippen LogP contribution in [0, 0.1) is 11.8 Å². The Kier molecular flexibility index (Phi) is 2.46. The summed E-state index contributed by atoms with van der Waals surface area (Å²) in [5.41, 5.74) is 2.85. The van der Waals surface area contributed by atoms with Crippen LogP contribution < -0.4 is 10.6 Å². The first kappa shape index (κ1) is 9.41. The standard InChI is InChI=1S/C11H10N2O2/c1-15-11(14)5-3-8-2-4-9-10(6-8)13-7-12-9/h2,4,6,12-13H,7H2,1H3. The highest BCUT2D eigenvalue weighted by molar-refractivity contribution is 5.89. The predicted octanol–water partition coefficient (Wildman–Crippen LogP) is 1.01. The second kappa shape index (κ2) is 3.93. The number of fused-ring (bicyclic) bond motifs is 1. The van der Waals surface area contributed by atoms with Crippen LogP contribution in [0.3, 0.4) is 0 Å². The molecule has 1 aromatic rings. The zero-order valence-corrected chi connectivity index (χ0v) is 8.26. The summed E-state index contributed by atoms with van der Waals surface area (Å²) in [5.74, 6) is 4.59. The molecule has 2 rings (SSSR count). The Morgan fingerprint density at radius 1 is 1.40 bits per heavy atom. The molecule has 0 saturated heterocycles. The molecule has 1 aliphatic rings. The van der Waals surface area contributed by atoms with Crippen molar-refractivity contribution in [2.75, 3.05) is 24.4 Å². The Bertz CT molecular complexity index is 457. The van der Waals surface area contributed by atoms with E-state index in [1.807, 2.05) is 18.2 Å². The molecular weight excluding hydrogens is 192 g/mol. The lowest BCUT2D eigenvalue weighted by Crippen LogP contribution is -1.98. The van der Waals surface area contributed by atoms with Crippen molar-refractivity contribution in [3.63, 3.8) is 0 Å². The van der Waals surface area contributed by atoms with Gasteiger partial charge in [-0.05, 0) is 18.2 Å². The molecule has 0 atom stereocenters. The van der Waals surface area contributed by atoms with Crippen LogP contribution in [-0.2, 0) is 9.53 Å². The lowest BCUT2D eigenvalue weighted by Gasteiger charge is -1.97. The van der Waals surface area contributed by atoms with E-state index in [0.717, 1.165) is 23.6 Å². The summed E-state index contributed by atoms with van der Waals surface area (Å²) in [7, 11) is 1.31. The van der Waals surface area contributed by atoms with Crippen molar-refractivity contribution in [3.05, 3.63) is 23.8 Å². The number of carbonyl (C=O) groups is 1. The van der Waals surface area contributed by atoms with Gasteiger partial charge in [-0.2, -0.15) is 0 Å². The minimum atomic E-state index is -0.526. The second-order valence-electron chi connectivity index (χ2n) is 3.03. The molecule has 0 aliphatic carbocycles. The number of hydrogen-bond donors (Lipinski definition) is 2. The van der Waals surface area contributed by atoms with Gasteiger partial charge in [0.25, 0.3) is 0 Å². The van der Waals surface area contributed by atoms with Crippen molar-refractivity contribution < 1.29 is 9.53 Å². The van der Waals surface area contributed by atoms with Gasteiger partial charge in [0.1, 0.15) is 0 Å². The molecule has 0 bridgehead atoms. The van der Waals surface area contributed by atoms with Gasteiger partial charge >= 0.3 is 5.97 Å². The van der Waals surface area contributed by atoms with Gasteiger partial charge in [-0.25, -0.2) is 4.79 Å². The Hall–Kier alpha value is -2.15. The van der Waals surface area contributed by atoms with Crippen molar-refractivity contribution in [2.45, 2.75) is 0 Å². The zero-order valence-electron chi connectivity index (χ0n) is 8.26. The molecule has 1 heterocycles. The molecule has 1 aliphatic heterocycles. The summed E-state index contributed by atoms with van der Waals surface area (Å²) in [5, 5.41) is 6.30. The first-order chi connectivity index (χ1) is 7.29. The maximum Gasteiger partial charge on any atom is 0.384 e. The fourth-order valence-electron chi connectivity index (χ4n) is 1.33. The molecule has 0 fully saturated rings. The summed E-state index contributed by atoms with van der Waals surface area (Å²) in [6.45, 7) is 0.725. The van der Waals surface area contributed by atoms with E-state index in [2.05, 4.69) is 27.2 Å². The van der Waals surface area contributed by atoms with Crippen molar-refractivity contribution in [1.82, 2.24) is 0 Å².